The van der Waals surface area contributed by atoms with Crippen LogP contribution in [-0.4, -0.2) is 50.9 Å². The van der Waals surface area contributed by atoms with Gasteiger partial charge in [-0.3, -0.25) is 14.8 Å². The van der Waals surface area contributed by atoms with Crippen LogP contribution in [-0.2, 0) is 6.42 Å². The van der Waals surface area contributed by atoms with Crippen molar-refractivity contribution in [2.75, 3.05) is 14.2 Å². The number of carbonyl (C=O) groups excluding carboxylic acids is 1. The maximum Gasteiger partial charge on any atom is 0.253 e. The summed E-state index contributed by atoms with van der Waals surface area (Å²) >= 11 is 0. The van der Waals surface area contributed by atoms with E-state index in [-0.39, 0.29) is 11.9 Å². The highest BCUT2D eigenvalue weighted by atomic mass is 16.5. The summed E-state index contributed by atoms with van der Waals surface area (Å²) in [6.07, 6.45) is 8.81. The zero-order valence-corrected chi connectivity index (χ0v) is 15.5. The predicted molar refractivity (Wildman–Crippen MR) is 101 cm³/mol. The fourth-order valence-electron chi connectivity index (χ4n) is 2.75. The van der Waals surface area contributed by atoms with Crippen molar-refractivity contribution in [1.29, 1.82) is 0 Å². The molecule has 2 aromatic heterocycles. The van der Waals surface area contributed by atoms with E-state index in [4.69, 9.17) is 4.74 Å². The van der Waals surface area contributed by atoms with Gasteiger partial charge < -0.3 is 9.64 Å². The van der Waals surface area contributed by atoms with Gasteiger partial charge in [-0.2, -0.15) is 0 Å². The van der Waals surface area contributed by atoms with Gasteiger partial charge in [0.15, 0.2) is 0 Å². The summed E-state index contributed by atoms with van der Waals surface area (Å²) in [7, 11) is 3.34. The van der Waals surface area contributed by atoms with Crippen LogP contribution in [0.5, 0.6) is 5.88 Å². The van der Waals surface area contributed by atoms with Gasteiger partial charge in [-0.25, -0.2) is 9.97 Å². The Hall–Kier alpha value is -3.35. The minimum Gasteiger partial charge on any atom is -0.479 e. The number of rotatable bonds is 6. The zero-order valence-electron chi connectivity index (χ0n) is 15.5. The average molecular weight is 363 g/mol. The minimum absolute atomic E-state index is 0.0242. The molecule has 0 spiro atoms. The van der Waals surface area contributed by atoms with Gasteiger partial charge in [-0.1, -0.05) is 12.1 Å². The summed E-state index contributed by atoms with van der Waals surface area (Å²) in [6.45, 7) is 1.99. The molecular weight excluding hydrogens is 342 g/mol. The maximum atomic E-state index is 12.9. The van der Waals surface area contributed by atoms with E-state index >= 15 is 0 Å². The average Bonchev–Trinajstić information content (AvgIpc) is 2.73. The van der Waals surface area contributed by atoms with Gasteiger partial charge in [-0.05, 0) is 19.1 Å². The fourth-order valence-corrected chi connectivity index (χ4v) is 2.75. The third-order valence-corrected chi connectivity index (χ3v) is 4.34. The topological polar surface area (TPSA) is 81.1 Å². The van der Waals surface area contributed by atoms with Gasteiger partial charge in [0, 0.05) is 61.6 Å². The highest BCUT2D eigenvalue weighted by molar-refractivity contribution is 5.95. The SMILES string of the molecule is COc1nccnc1-c1cccc(C(=O)N(C)C(C)Cc2cnccn2)c1. The molecule has 0 saturated carbocycles. The Morgan fingerprint density at radius 2 is 1.93 bits per heavy atom. The van der Waals surface area contributed by atoms with Crippen LogP contribution in [0.2, 0.25) is 0 Å². The molecule has 1 unspecified atom stereocenters. The molecule has 0 aliphatic rings. The van der Waals surface area contributed by atoms with Gasteiger partial charge in [0.05, 0.1) is 12.8 Å². The van der Waals surface area contributed by atoms with E-state index in [2.05, 4.69) is 19.9 Å². The first-order valence-electron chi connectivity index (χ1n) is 8.57. The standard InChI is InChI=1S/C20H21N5O2/c1-14(11-17-13-21-7-8-22-17)25(2)20(26)16-6-4-5-15(12-16)18-19(27-3)24-10-9-23-18/h4-10,12-14H,11H2,1-3H3. The van der Waals surface area contributed by atoms with Crippen molar-refractivity contribution in [2.45, 2.75) is 19.4 Å². The molecule has 27 heavy (non-hydrogen) atoms. The summed E-state index contributed by atoms with van der Waals surface area (Å²) in [5.74, 6) is 0.350. The van der Waals surface area contributed by atoms with Crippen molar-refractivity contribution in [3.8, 4) is 17.1 Å². The Morgan fingerprint density at radius 3 is 2.67 bits per heavy atom. The van der Waals surface area contributed by atoms with Crippen molar-refractivity contribution >= 4 is 5.91 Å². The molecule has 2 heterocycles. The highest BCUT2D eigenvalue weighted by Gasteiger charge is 2.19. The fraction of sp³-hybridized carbons (Fsp3) is 0.250. The second-order valence-corrected chi connectivity index (χ2v) is 6.16. The number of aromatic nitrogens is 4. The molecule has 0 saturated heterocycles. The summed E-state index contributed by atoms with van der Waals surface area (Å²) < 4.78 is 5.27. The summed E-state index contributed by atoms with van der Waals surface area (Å²) in [5, 5.41) is 0. The van der Waals surface area contributed by atoms with Crippen molar-refractivity contribution in [2.24, 2.45) is 0 Å². The number of likely N-dealkylation sites (N-methyl/N-ethyl adjacent to an activating group) is 1. The molecule has 7 heteroatoms. The van der Waals surface area contributed by atoms with E-state index in [9.17, 15) is 4.79 Å². The monoisotopic (exact) mass is 363 g/mol. The first kappa shape index (κ1) is 18.4. The van der Waals surface area contributed by atoms with Crippen LogP contribution in [0.25, 0.3) is 11.3 Å². The number of nitrogens with zero attached hydrogens (tertiary/aromatic N) is 5. The molecule has 0 bridgehead atoms. The molecule has 0 N–H and O–H groups in total. The third kappa shape index (κ3) is 4.25. The van der Waals surface area contributed by atoms with Crippen molar-refractivity contribution in [3.05, 3.63) is 66.5 Å². The molecular formula is C20H21N5O2. The van der Waals surface area contributed by atoms with Crippen LogP contribution in [0.15, 0.2) is 55.2 Å². The quantitative estimate of drug-likeness (QED) is 0.670. The number of benzene rings is 1. The highest BCUT2D eigenvalue weighted by Crippen LogP contribution is 2.26. The Morgan fingerprint density at radius 1 is 1.15 bits per heavy atom. The van der Waals surface area contributed by atoms with E-state index in [0.29, 0.717) is 23.6 Å². The van der Waals surface area contributed by atoms with E-state index in [0.717, 1.165) is 11.3 Å². The Labute approximate surface area is 158 Å². The van der Waals surface area contributed by atoms with E-state index in [1.54, 1.807) is 62.2 Å². The lowest BCUT2D eigenvalue weighted by molar-refractivity contribution is 0.0743. The number of ether oxygens (including phenoxy) is 1. The summed E-state index contributed by atoms with van der Waals surface area (Å²) in [5.41, 5.74) is 2.81. The van der Waals surface area contributed by atoms with E-state index < -0.39 is 0 Å². The molecule has 0 fully saturated rings. The van der Waals surface area contributed by atoms with Gasteiger partial charge in [0.1, 0.15) is 5.69 Å². The molecule has 0 aliphatic carbocycles. The predicted octanol–water partition coefficient (Wildman–Crippen LogP) is 2.65. The van der Waals surface area contributed by atoms with E-state index in [1.165, 1.54) is 0 Å². The second kappa shape index (κ2) is 8.35. The Bertz CT molecular complexity index is 917. The van der Waals surface area contributed by atoms with Crippen molar-refractivity contribution in [1.82, 2.24) is 24.8 Å². The normalized spacial score (nSPS) is 11.7. The Balaban J connectivity index is 1.80. The van der Waals surface area contributed by atoms with Gasteiger partial charge in [0.25, 0.3) is 5.91 Å². The first-order valence-corrected chi connectivity index (χ1v) is 8.57. The number of hydrogen-bond acceptors (Lipinski definition) is 6. The van der Waals surface area contributed by atoms with Crippen LogP contribution in [0.1, 0.15) is 23.0 Å². The molecule has 3 aromatic rings. The van der Waals surface area contributed by atoms with Crippen LogP contribution in [0.4, 0.5) is 0 Å². The lowest BCUT2D eigenvalue weighted by Crippen LogP contribution is -2.36. The van der Waals surface area contributed by atoms with Gasteiger partial charge in [0.2, 0.25) is 5.88 Å². The lowest BCUT2D eigenvalue weighted by atomic mass is 10.1. The number of hydrogen-bond donors (Lipinski definition) is 0. The first-order chi connectivity index (χ1) is 13.1. The molecule has 3 rings (SSSR count). The largest absolute Gasteiger partial charge is 0.479 e. The molecule has 1 aromatic carbocycles. The second-order valence-electron chi connectivity index (χ2n) is 6.16. The van der Waals surface area contributed by atoms with Gasteiger partial charge >= 0.3 is 0 Å². The van der Waals surface area contributed by atoms with Crippen molar-refractivity contribution in [3.63, 3.8) is 0 Å². The molecule has 138 valence electrons. The van der Waals surface area contributed by atoms with Crippen LogP contribution in [0, 0.1) is 0 Å². The van der Waals surface area contributed by atoms with Crippen LogP contribution < -0.4 is 4.74 Å². The number of carbonyl (C=O) groups is 1. The number of methoxy groups -OCH3 is 1. The minimum atomic E-state index is -0.0731. The molecule has 0 aliphatic heterocycles. The maximum absolute atomic E-state index is 12.9. The summed E-state index contributed by atoms with van der Waals surface area (Å²) in [4.78, 5) is 31.5. The Kier molecular flexibility index (Phi) is 5.71. The molecule has 7 nitrogen and oxygen atoms in total. The number of amides is 1. The molecule has 1 atom stereocenters. The van der Waals surface area contributed by atoms with Crippen molar-refractivity contribution < 1.29 is 9.53 Å². The van der Waals surface area contributed by atoms with Crippen LogP contribution >= 0.6 is 0 Å². The van der Waals surface area contributed by atoms with Crippen LogP contribution in [0.3, 0.4) is 0 Å². The van der Waals surface area contributed by atoms with Gasteiger partial charge in [-0.15, -0.1) is 0 Å². The lowest BCUT2D eigenvalue weighted by Gasteiger charge is -2.25. The summed E-state index contributed by atoms with van der Waals surface area (Å²) in [6, 6.07) is 7.29. The molecule has 0 radical (unpaired) electrons. The zero-order chi connectivity index (χ0) is 19.2. The smallest absolute Gasteiger partial charge is 0.253 e. The van der Waals surface area contributed by atoms with E-state index in [1.807, 2.05) is 19.1 Å². The molecule has 1 amide bonds. The third-order valence-electron chi connectivity index (χ3n) is 4.34.